The maximum absolute atomic E-state index is 12.5. The molecule has 0 saturated carbocycles. The Morgan fingerprint density at radius 3 is 2.42 bits per heavy atom. The molecule has 0 fully saturated rings. The van der Waals surface area contributed by atoms with Crippen molar-refractivity contribution in [2.75, 3.05) is 27.2 Å². The first-order valence-corrected chi connectivity index (χ1v) is 7.07. The van der Waals surface area contributed by atoms with E-state index in [4.69, 9.17) is 0 Å². The summed E-state index contributed by atoms with van der Waals surface area (Å²) in [5.41, 5.74) is -0.978. The SMILES string of the molecule is C[NH+](C)CCNS(=O)(=O)c1cccc(C(F)(F)F)c1. The van der Waals surface area contributed by atoms with Gasteiger partial charge in [-0.1, -0.05) is 6.07 Å². The molecule has 1 aromatic carbocycles. The Bertz CT molecular complexity index is 527. The van der Waals surface area contributed by atoms with E-state index in [-0.39, 0.29) is 11.4 Å². The second kappa shape index (κ2) is 5.89. The number of sulfonamides is 1. The van der Waals surface area contributed by atoms with E-state index in [0.717, 1.165) is 23.1 Å². The van der Waals surface area contributed by atoms with Crippen LogP contribution in [0.2, 0.25) is 0 Å². The van der Waals surface area contributed by atoms with Crippen molar-refractivity contribution in [1.82, 2.24) is 4.72 Å². The standard InChI is InChI=1S/C11H15F3N2O2S/c1-16(2)7-6-15-19(17,18)10-5-3-4-9(8-10)11(12,13)14/h3-5,8,15H,6-7H2,1-2H3/p+1. The first-order valence-electron chi connectivity index (χ1n) is 5.59. The number of rotatable bonds is 5. The van der Waals surface area contributed by atoms with Crippen LogP contribution in [-0.2, 0) is 16.2 Å². The molecule has 2 N–H and O–H groups in total. The van der Waals surface area contributed by atoms with E-state index in [1.54, 1.807) is 0 Å². The lowest BCUT2D eigenvalue weighted by Gasteiger charge is -2.11. The normalized spacial score (nSPS) is 12.9. The summed E-state index contributed by atoms with van der Waals surface area (Å²) < 4.78 is 63.4. The van der Waals surface area contributed by atoms with Gasteiger partial charge in [0.15, 0.2) is 0 Å². The average molecular weight is 297 g/mol. The van der Waals surface area contributed by atoms with Crippen LogP contribution < -0.4 is 9.62 Å². The fraction of sp³-hybridized carbons (Fsp3) is 0.455. The molecule has 108 valence electrons. The van der Waals surface area contributed by atoms with E-state index < -0.39 is 21.8 Å². The van der Waals surface area contributed by atoms with Crippen molar-refractivity contribution < 1.29 is 26.5 Å². The molecule has 0 aliphatic carbocycles. The molecule has 19 heavy (non-hydrogen) atoms. The van der Waals surface area contributed by atoms with E-state index >= 15 is 0 Å². The van der Waals surface area contributed by atoms with E-state index in [0.29, 0.717) is 12.6 Å². The van der Waals surface area contributed by atoms with Gasteiger partial charge in [-0.3, -0.25) is 0 Å². The molecule has 0 atom stereocenters. The maximum Gasteiger partial charge on any atom is 0.416 e. The van der Waals surface area contributed by atoms with Crippen LogP contribution in [-0.4, -0.2) is 35.6 Å². The highest BCUT2D eigenvalue weighted by atomic mass is 32.2. The lowest BCUT2D eigenvalue weighted by atomic mass is 10.2. The highest BCUT2D eigenvalue weighted by molar-refractivity contribution is 7.89. The summed E-state index contributed by atoms with van der Waals surface area (Å²) in [5.74, 6) is 0. The zero-order chi connectivity index (χ0) is 14.7. The quantitative estimate of drug-likeness (QED) is 0.811. The monoisotopic (exact) mass is 297 g/mol. The van der Waals surface area contributed by atoms with Crippen LogP contribution in [0.4, 0.5) is 13.2 Å². The number of halogens is 3. The Morgan fingerprint density at radius 1 is 1.26 bits per heavy atom. The van der Waals surface area contributed by atoms with Crippen LogP contribution >= 0.6 is 0 Å². The van der Waals surface area contributed by atoms with Crippen molar-refractivity contribution in [3.05, 3.63) is 29.8 Å². The minimum absolute atomic E-state index is 0.168. The van der Waals surface area contributed by atoms with E-state index in [9.17, 15) is 21.6 Å². The molecule has 1 aromatic rings. The minimum atomic E-state index is -4.56. The van der Waals surface area contributed by atoms with Gasteiger partial charge in [-0.2, -0.15) is 13.2 Å². The Kier molecular flexibility index (Phi) is 4.94. The summed E-state index contributed by atoms with van der Waals surface area (Å²) in [4.78, 5) is 0.655. The Balaban J connectivity index is 2.90. The third-order valence-corrected chi connectivity index (χ3v) is 3.85. The minimum Gasteiger partial charge on any atom is -0.339 e. The van der Waals surface area contributed by atoms with Crippen LogP contribution in [0.5, 0.6) is 0 Å². The average Bonchev–Trinajstić information content (AvgIpc) is 2.27. The molecule has 0 aromatic heterocycles. The molecule has 0 unspecified atom stereocenters. The predicted molar refractivity (Wildman–Crippen MR) is 64.3 cm³/mol. The maximum atomic E-state index is 12.5. The van der Waals surface area contributed by atoms with Crippen LogP contribution in [0.15, 0.2) is 29.2 Å². The highest BCUT2D eigenvalue weighted by Crippen LogP contribution is 2.30. The van der Waals surface area contributed by atoms with Gasteiger partial charge in [0.05, 0.1) is 37.6 Å². The number of benzene rings is 1. The summed E-state index contributed by atoms with van der Waals surface area (Å²) in [7, 11) is -0.210. The Labute approximate surface area is 110 Å². The van der Waals surface area contributed by atoms with Gasteiger partial charge in [0.25, 0.3) is 0 Å². The van der Waals surface area contributed by atoms with Crippen LogP contribution in [0, 0.1) is 0 Å². The summed E-state index contributed by atoms with van der Waals surface area (Å²) in [5, 5.41) is 0. The van der Waals surface area contributed by atoms with Crippen LogP contribution in [0.25, 0.3) is 0 Å². The second-order valence-electron chi connectivity index (χ2n) is 4.38. The molecule has 0 amide bonds. The molecule has 0 bridgehead atoms. The van der Waals surface area contributed by atoms with Crippen LogP contribution in [0.3, 0.4) is 0 Å². The third-order valence-electron chi connectivity index (χ3n) is 2.39. The summed E-state index contributed by atoms with van der Waals surface area (Å²) >= 11 is 0. The van der Waals surface area contributed by atoms with E-state index in [1.807, 2.05) is 14.1 Å². The molecule has 8 heteroatoms. The number of quaternary nitrogens is 1. The van der Waals surface area contributed by atoms with Crippen LogP contribution in [0.1, 0.15) is 5.56 Å². The number of hydrogen-bond acceptors (Lipinski definition) is 2. The number of likely N-dealkylation sites (N-methyl/N-ethyl adjacent to an activating group) is 1. The molecule has 0 aliphatic rings. The summed E-state index contributed by atoms with van der Waals surface area (Å²) in [6.45, 7) is 0.707. The number of nitrogens with one attached hydrogen (secondary N) is 2. The molecule has 0 aliphatic heterocycles. The Morgan fingerprint density at radius 2 is 1.89 bits per heavy atom. The number of alkyl halides is 3. The second-order valence-corrected chi connectivity index (χ2v) is 6.15. The molecule has 1 rings (SSSR count). The third kappa shape index (κ3) is 4.81. The van der Waals surface area contributed by atoms with E-state index in [1.165, 1.54) is 0 Å². The van der Waals surface area contributed by atoms with E-state index in [2.05, 4.69) is 4.72 Å². The summed E-state index contributed by atoms with van der Waals surface area (Å²) in [6.07, 6.45) is -4.56. The van der Waals surface area contributed by atoms with Crippen molar-refractivity contribution in [3.63, 3.8) is 0 Å². The highest BCUT2D eigenvalue weighted by Gasteiger charge is 2.31. The zero-order valence-corrected chi connectivity index (χ0v) is 11.4. The van der Waals surface area contributed by atoms with Gasteiger partial charge in [-0.05, 0) is 18.2 Å². The smallest absolute Gasteiger partial charge is 0.339 e. The first kappa shape index (κ1) is 15.9. The molecule has 4 nitrogen and oxygen atoms in total. The van der Waals surface area contributed by atoms with Gasteiger partial charge in [0.2, 0.25) is 10.0 Å². The fourth-order valence-electron chi connectivity index (χ4n) is 1.36. The first-order chi connectivity index (χ1) is 8.63. The van der Waals surface area contributed by atoms with Gasteiger partial charge in [-0.15, -0.1) is 0 Å². The molecule has 0 spiro atoms. The van der Waals surface area contributed by atoms with Gasteiger partial charge in [0, 0.05) is 0 Å². The lowest BCUT2D eigenvalue weighted by molar-refractivity contribution is -0.856. The molecule has 0 heterocycles. The molecule has 0 radical (unpaired) electrons. The van der Waals surface area contributed by atoms with Crippen molar-refractivity contribution in [2.45, 2.75) is 11.1 Å². The summed E-state index contributed by atoms with van der Waals surface area (Å²) in [6, 6.07) is 3.68. The lowest BCUT2D eigenvalue weighted by Crippen LogP contribution is -3.06. The Hall–Kier alpha value is -1.12. The van der Waals surface area contributed by atoms with Gasteiger partial charge < -0.3 is 4.90 Å². The van der Waals surface area contributed by atoms with Crippen molar-refractivity contribution in [2.24, 2.45) is 0 Å². The van der Waals surface area contributed by atoms with Gasteiger partial charge >= 0.3 is 6.18 Å². The molecular formula is C11H16F3N2O2S+. The van der Waals surface area contributed by atoms with Crippen molar-refractivity contribution in [3.8, 4) is 0 Å². The largest absolute Gasteiger partial charge is 0.416 e. The molecular weight excluding hydrogens is 281 g/mol. The van der Waals surface area contributed by atoms with Crippen molar-refractivity contribution >= 4 is 10.0 Å². The fourth-order valence-corrected chi connectivity index (χ4v) is 2.44. The topological polar surface area (TPSA) is 50.6 Å². The van der Waals surface area contributed by atoms with Gasteiger partial charge in [-0.25, -0.2) is 13.1 Å². The predicted octanol–water partition coefficient (Wildman–Crippen LogP) is 0.128. The van der Waals surface area contributed by atoms with Gasteiger partial charge in [0.1, 0.15) is 0 Å². The zero-order valence-electron chi connectivity index (χ0n) is 10.6. The van der Waals surface area contributed by atoms with Crippen molar-refractivity contribution in [1.29, 1.82) is 0 Å². The molecule has 0 saturated heterocycles. The number of hydrogen-bond donors (Lipinski definition) is 2.